The SMILES string of the molecule is C[C@@H]1CCC(=O)CC[C@](OCc2ccccc2)(C(F)(F)F)c2nnc(o2)-c2nc(c(C(F)(F)F)cc2NC(=O)OC(C)(C)C)O1. The first-order valence-electron chi connectivity index (χ1n) is 13.8. The Morgan fingerprint density at radius 2 is 1.76 bits per heavy atom. The Bertz CT molecular complexity index is 1520. The Morgan fingerprint density at radius 1 is 1.07 bits per heavy atom. The molecule has 4 rings (SSSR count). The summed E-state index contributed by atoms with van der Waals surface area (Å²) in [5, 5.41) is 9.34. The second kappa shape index (κ2) is 12.7. The topological polar surface area (TPSA) is 126 Å². The molecule has 1 aliphatic heterocycles. The summed E-state index contributed by atoms with van der Waals surface area (Å²) in [5.74, 6) is -3.51. The number of aromatic nitrogens is 3. The summed E-state index contributed by atoms with van der Waals surface area (Å²) in [4.78, 5) is 29.2. The maximum absolute atomic E-state index is 14.9. The molecule has 244 valence electrons. The zero-order chi connectivity index (χ0) is 33.2. The number of rotatable bonds is 4. The molecular formula is C29H30F6N4O6. The van der Waals surface area contributed by atoms with E-state index in [4.69, 9.17) is 18.6 Å². The van der Waals surface area contributed by atoms with Crippen LogP contribution in [0.25, 0.3) is 11.6 Å². The van der Waals surface area contributed by atoms with Gasteiger partial charge in [-0.15, -0.1) is 10.2 Å². The number of amides is 1. The molecular weight excluding hydrogens is 614 g/mol. The van der Waals surface area contributed by atoms with Gasteiger partial charge in [0.05, 0.1) is 18.4 Å². The third kappa shape index (κ3) is 8.09. The normalized spacial score (nSPS) is 19.8. The van der Waals surface area contributed by atoms with Crippen molar-refractivity contribution < 1.29 is 54.6 Å². The van der Waals surface area contributed by atoms with Crippen LogP contribution in [-0.4, -0.2) is 44.9 Å². The van der Waals surface area contributed by atoms with Crippen LogP contribution in [-0.2, 0) is 32.7 Å². The van der Waals surface area contributed by atoms with E-state index >= 15 is 0 Å². The number of halogens is 6. The number of alkyl halides is 6. The molecule has 3 heterocycles. The molecule has 45 heavy (non-hydrogen) atoms. The fraction of sp³-hybridized carbons (Fsp3) is 0.483. The van der Waals surface area contributed by atoms with Gasteiger partial charge in [-0.1, -0.05) is 30.3 Å². The molecule has 2 atom stereocenters. The smallest absolute Gasteiger partial charge is 0.426 e. The highest BCUT2D eigenvalue weighted by atomic mass is 19.4. The Kier molecular flexibility index (Phi) is 9.47. The highest BCUT2D eigenvalue weighted by molar-refractivity contribution is 5.89. The monoisotopic (exact) mass is 644 g/mol. The van der Waals surface area contributed by atoms with E-state index in [0.29, 0.717) is 11.6 Å². The van der Waals surface area contributed by atoms with E-state index in [1.807, 2.05) is 0 Å². The Hall–Kier alpha value is -4.21. The third-order valence-electron chi connectivity index (χ3n) is 6.59. The van der Waals surface area contributed by atoms with Gasteiger partial charge in [0.25, 0.3) is 11.8 Å². The standard InChI is InChI=1S/C29H30F6N4O6/c1-16-10-11-18(40)12-13-27(29(33,34)35,42-15-17-8-6-5-7-9-17)24-39-38-23(44-24)21-20(36-25(41)45-26(2,3)4)14-19(28(30,31)32)22(37-21)43-16/h5-9,14,16H,10-13,15H2,1-4H3,(H,36,41)/t16-,27-/m1/s1. The average molecular weight is 645 g/mol. The van der Waals surface area contributed by atoms with Crippen LogP contribution < -0.4 is 10.1 Å². The van der Waals surface area contributed by atoms with Gasteiger partial charge in [-0.05, 0) is 45.7 Å². The number of hydrogen-bond donors (Lipinski definition) is 1. The quantitative estimate of drug-likeness (QED) is 0.290. The van der Waals surface area contributed by atoms with E-state index in [-0.39, 0.29) is 12.8 Å². The lowest BCUT2D eigenvalue weighted by atomic mass is 9.93. The molecule has 0 spiro atoms. The molecule has 0 saturated heterocycles. The lowest BCUT2D eigenvalue weighted by Crippen LogP contribution is -2.45. The second-order valence-electron chi connectivity index (χ2n) is 11.4. The highest BCUT2D eigenvalue weighted by Gasteiger charge is 2.61. The minimum absolute atomic E-state index is 0.132. The van der Waals surface area contributed by atoms with Crippen molar-refractivity contribution in [2.24, 2.45) is 0 Å². The van der Waals surface area contributed by atoms with Crippen LogP contribution in [0.3, 0.4) is 0 Å². The highest BCUT2D eigenvalue weighted by Crippen LogP contribution is 2.47. The van der Waals surface area contributed by atoms with Gasteiger partial charge in [0, 0.05) is 19.3 Å². The van der Waals surface area contributed by atoms with E-state index in [1.165, 1.54) is 39.8 Å². The van der Waals surface area contributed by atoms with E-state index in [2.05, 4.69) is 20.5 Å². The van der Waals surface area contributed by atoms with Gasteiger partial charge in [-0.2, -0.15) is 26.3 Å². The molecule has 16 heteroatoms. The molecule has 0 unspecified atom stereocenters. The van der Waals surface area contributed by atoms with Crippen molar-refractivity contribution in [3.05, 3.63) is 53.4 Å². The van der Waals surface area contributed by atoms with Gasteiger partial charge in [-0.25, -0.2) is 9.78 Å². The van der Waals surface area contributed by atoms with Crippen LogP contribution in [0.1, 0.15) is 70.4 Å². The van der Waals surface area contributed by atoms with E-state index < -0.39 is 95.6 Å². The first-order chi connectivity index (χ1) is 20.9. The maximum Gasteiger partial charge on any atom is 0.426 e. The van der Waals surface area contributed by atoms with Crippen LogP contribution >= 0.6 is 0 Å². The van der Waals surface area contributed by atoms with Crippen LogP contribution in [0.2, 0.25) is 0 Å². The molecule has 0 radical (unpaired) electrons. The summed E-state index contributed by atoms with van der Waals surface area (Å²) < 4.78 is 109. The Morgan fingerprint density at radius 3 is 2.38 bits per heavy atom. The number of hydrogen-bond acceptors (Lipinski definition) is 9. The molecule has 0 fully saturated rings. The molecule has 1 aliphatic rings. The van der Waals surface area contributed by atoms with Crippen molar-refractivity contribution in [2.75, 3.05) is 5.32 Å². The molecule has 1 amide bonds. The van der Waals surface area contributed by atoms with Gasteiger partial charge in [-0.3, -0.25) is 10.1 Å². The Balaban J connectivity index is 1.91. The lowest BCUT2D eigenvalue weighted by molar-refractivity contribution is -0.299. The largest absolute Gasteiger partial charge is 0.474 e. The van der Waals surface area contributed by atoms with Crippen LogP contribution in [0.15, 0.2) is 40.8 Å². The number of carbonyl (C=O) groups is 2. The fourth-order valence-electron chi connectivity index (χ4n) is 4.36. The summed E-state index contributed by atoms with van der Waals surface area (Å²) in [6.07, 6.45) is -14.5. The van der Waals surface area contributed by atoms with Crippen LogP contribution in [0.4, 0.5) is 36.8 Å². The fourth-order valence-corrected chi connectivity index (χ4v) is 4.36. The van der Waals surface area contributed by atoms with Crippen LogP contribution in [0, 0.1) is 0 Å². The number of nitrogens with one attached hydrogen (secondary N) is 1. The zero-order valence-corrected chi connectivity index (χ0v) is 24.6. The summed E-state index contributed by atoms with van der Waals surface area (Å²) in [6.45, 7) is 5.34. The second-order valence-corrected chi connectivity index (χ2v) is 11.4. The van der Waals surface area contributed by atoms with Crippen molar-refractivity contribution in [1.82, 2.24) is 15.2 Å². The molecule has 0 saturated carbocycles. The lowest BCUT2D eigenvalue weighted by Gasteiger charge is -2.32. The van der Waals surface area contributed by atoms with Crippen molar-refractivity contribution in [2.45, 2.75) is 89.6 Å². The molecule has 0 aliphatic carbocycles. The molecule has 10 nitrogen and oxygen atoms in total. The number of anilines is 1. The number of fused-ring (bicyclic) bond motifs is 5. The molecule has 1 aromatic carbocycles. The van der Waals surface area contributed by atoms with E-state index in [1.54, 1.807) is 18.2 Å². The number of Topliss-reactive ketones (excluding diaryl/α,β-unsaturated/α-hetero) is 1. The summed E-state index contributed by atoms with van der Waals surface area (Å²) >= 11 is 0. The van der Waals surface area contributed by atoms with Gasteiger partial charge < -0.3 is 18.6 Å². The minimum Gasteiger partial charge on any atom is -0.474 e. The number of pyridine rings is 1. The number of ketones is 1. The average Bonchev–Trinajstić information content (AvgIpc) is 3.41. The van der Waals surface area contributed by atoms with Crippen molar-refractivity contribution in [3.63, 3.8) is 0 Å². The maximum atomic E-state index is 14.9. The van der Waals surface area contributed by atoms with Crippen molar-refractivity contribution in [1.29, 1.82) is 0 Å². The number of nitrogens with zero attached hydrogens (tertiary/aromatic N) is 3. The predicted molar refractivity (Wildman–Crippen MR) is 145 cm³/mol. The first-order valence-corrected chi connectivity index (χ1v) is 13.8. The number of carbonyl (C=O) groups excluding carboxylic acids is 2. The third-order valence-corrected chi connectivity index (χ3v) is 6.59. The van der Waals surface area contributed by atoms with Gasteiger partial charge in [0.15, 0.2) is 5.69 Å². The van der Waals surface area contributed by atoms with E-state index in [0.717, 1.165) is 0 Å². The summed E-state index contributed by atoms with van der Waals surface area (Å²) in [6, 6.07) is 8.38. The first kappa shape index (κ1) is 33.7. The number of ether oxygens (including phenoxy) is 3. The van der Waals surface area contributed by atoms with Gasteiger partial charge in [0.1, 0.15) is 16.9 Å². The molecule has 2 aromatic heterocycles. The molecule has 1 N–H and O–H groups in total. The van der Waals surface area contributed by atoms with Crippen molar-refractivity contribution >= 4 is 17.6 Å². The van der Waals surface area contributed by atoms with Gasteiger partial charge in [0.2, 0.25) is 11.5 Å². The summed E-state index contributed by atoms with van der Waals surface area (Å²) in [5.41, 5.74) is -6.68. The van der Waals surface area contributed by atoms with Crippen molar-refractivity contribution in [3.8, 4) is 17.5 Å². The predicted octanol–water partition coefficient (Wildman–Crippen LogP) is 7.38. The van der Waals surface area contributed by atoms with Crippen LogP contribution in [0.5, 0.6) is 5.88 Å². The molecule has 3 aromatic rings. The molecule has 4 bridgehead atoms. The Labute approximate surface area is 253 Å². The number of benzene rings is 1. The van der Waals surface area contributed by atoms with Gasteiger partial charge >= 0.3 is 18.4 Å². The zero-order valence-electron chi connectivity index (χ0n) is 24.6. The summed E-state index contributed by atoms with van der Waals surface area (Å²) in [7, 11) is 0. The van der Waals surface area contributed by atoms with E-state index in [9.17, 15) is 35.9 Å². The minimum atomic E-state index is -5.20.